The van der Waals surface area contributed by atoms with Crippen LogP contribution in [0.25, 0.3) is 0 Å². The quantitative estimate of drug-likeness (QED) is 0.671. The van der Waals surface area contributed by atoms with Gasteiger partial charge in [0.25, 0.3) is 0 Å². The predicted molar refractivity (Wildman–Crippen MR) is 75.0 cm³/mol. The predicted octanol–water partition coefficient (Wildman–Crippen LogP) is 2.08. The van der Waals surface area contributed by atoms with Crippen molar-refractivity contribution in [3.8, 4) is 0 Å². The van der Waals surface area contributed by atoms with Gasteiger partial charge in [-0.3, -0.25) is 0 Å². The summed E-state index contributed by atoms with van der Waals surface area (Å²) in [5, 5.41) is 0. The molecule has 0 unspecified atom stereocenters. The van der Waals surface area contributed by atoms with E-state index in [2.05, 4.69) is 6.58 Å². The van der Waals surface area contributed by atoms with Gasteiger partial charge in [-0.25, -0.2) is 8.42 Å². The molecule has 0 fully saturated rings. The highest BCUT2D eigenvalue weighted by Crippen LogP contribution is 2.23. The highest BCUT2D eigenvalue weighted by molar-refractivity contribution is 7.89. The van der Waals surface area contributed by atoms with Gasteiger partial charge in [-0.1, -0.05) is 12.2 Å². The molecule has 18 heavy (non-hydrogen) atoms. The van der Waals surface area contributed by atoms with Crippen molar-refractivity contribution in [2.45, 2.75) is 25.7 Å². The number of sulfonamides is 1. The van der Waals surface area contributed by atoms with Gasteiger partial charge in [0.15, 0.2) is 0 Å². The van der Waals surface area contributed by atoms with Crippen molar-refractivity contribution in [3.63, 3.8) is 0 Å². The van der Waals surface area contributed by atoms with E-state index in [1.54, 1.807) is 13.0 Å². The average Bonchev–Trinajstić information content (AvgIpc) is 2.24. The number of nitrogens with two attached hydrogens (primary N) is 1. The van der Waals surface area contributed by atoms with Gasteiger partial charge >= 0.3 is 0 Å². The van der Waals surface area contributed by atoms with Gasteiger partial charge in [0.2, 0.25) is 10.0 Å². The fraction of sp³-hybridized carbons (Fsp3) is 0.385. The van der Waals surface area contributed by atoms with E-state index < -0.39 is 10.0 Å². The largest absolute Gasteiger partial charge is 0.398 e. The van der Waals surface area contributed by atoms with Gasteiger partial charge in [0.1, 0.15) is 0 Å². The number of likely N-dealkylation sites (N-methyl/N-ethyl adjacent to an activating group) is 1. The highest BCUT2D eigenvalue weighted by atomic mass is 32.2. The Labute approximate surface area is 109 Å². The molecule has 0 aliphatic heterocycles. The Morgan fingerprint density at radius 3 is 2.39 bits per heavy atom. The fourth-order valence-electron chi connectivity index (χ4n) is 1.65. The molecule has 0 saturated carbocycles. The average molecular weight is 268 g/mol. The van der Waals surface area contributed by atoms with E-state index in [1.807, 2.05) is 13.8 Å². The molecule has 2 N–H and O–H groups in total. The molecular formula is C13H20N2O2S. The maximum Gasteiger partial charge on any atom is 0.243 e. The standard InChI is InChI=1S/C13H20N2O2S/c1-9(2)8-15(5)18(16,17)12-6-10(3)11(4)13(14)7-12/h6-7H,1,8,14H2,2-5H3. The SMILES string of the molecule is C=C(C)CN(C)S(=O)(=O)c1cc(C)c(C)c(N)c1. The van der Waals surface area contributed by atoms with Crippen molar-refractivity contribution in [2.75, 3.05) is 19.3 Å². The first kappa shape index (κ1) is 14.7. The first-order valence-electron chi connectivity index (χ1n) is 5.63. The zero-order chi connectivity index (χ0) is 14.1. The molecule has 0 radical (unpaired) electrons. The minimum Gasteiger partial charge on any atom is -0.398 e. The normalized spacial score (nSPS) is 11.8. The molecule has 0 heterocycles. The fourth-order valence-corrected chi connectivity index (χ4v) is 3.00. The zero-order valence-corrected chi connectivity index (χ0v) is 12.1. The second-order valence-corrected chi connectivity index (χ2v) is 6.72. The summed E-state index contributed by atoms with van der Waals surface area (Å²) < 4.78 is 25.9. The van der Waals surface area contributed by atoms with Gasteiger partial charge in [-0.05, 0) is 44.0 Å². The Bertz CT molecular complexity index is 554. The number of anilines is 1. The molecule has 1 aromatic carbocycles. The van der Waals surface area contributed by atoms with Crippen LogP contribution in [0, 0.1) is 13.8 Å². The molecule has 0 aromatic heterocycles. The van der Waals surface area contributed by atoms with E-state index >= 15 is 0 Å². The molecule has 0 amide bonds. The Kier molecular flexibility index (Phi) is 4.19. The van der Waals surface area contributed by atoms with Crippen LogP contribution in [0.5, 0.6) is 0 Å². The lowest BCUT2D eigenvalue weighted by molar-refractivity contribution is 0.493. The second kappa shape index (κ2) is 5.12. The van der Waals surface area contributed by atoms with E-state index in [1.165, 1.54) is 17.4 Å². The van der Waals surface area contributed by atoms with Crippen molar-refractivity contribution in [1.29, 1.82) is 0 Å². The molecule has 5 heteroatoms. The number of nitrogen functional groups attached to an aromatic ring is 1. The van der Waals surface area contributed by atoms with Gasteiger partial charge in [0, 0.05) is 19.3 Å². The Balaban J connectivity index is 3.25. The van der Waals surface area contributed by atoms with Crippen LogP contribution in [0.2, 0.25) is 0 Å². The summed E-state index contributed by atoms with van der Waals surface area (Å²) in [7, 11) is -1.97. The highest BCUT2D eigenvalue weighted by Gasteiger charge is 2.21. The molecule has 0 aliphatic carbocycles. The summed E-state index contributed by atoms with van der Waals surface area (Å²) in [6.45, 7) is 9.54. The summed E-state index contributed by atoms with van der Waals surface area (Å²) in [6, 6.07) is 3.16. The minimum absolute atomic E-state index is 0.229. The summed E-state index contributed by atoms with van der Waals surface area (Å²) >= 11 is 0. The van der Waals surface area contributed by atoms with Crippen molar-refractivity contribution in [3.05, 3.63) is 35.4 Å². The number of hydrogen-bond donors (Lipinski definition) is 1. The lowest BCUT2D eigenvalue weighted by atomic mass is 10.1. The van der Waals surface area contributed by atoms with E-state index in [4.69, 9.17) is 5.73 Å². The first-order chi connectivity index (χ1) is 8.16. The molecule has 4 nitrogen and oxygen atoms in total. The van der Waals surface area contributed by atoms with Crippen molar-refractivity contribution in [1.82, 2.24) is 4.31 Å². The third-order valence-electron chi connectivity index (χ3n) is 2.88. The van der Waals surface area contributed by atoms with Crippen molar-refractivity contribution >= 4 is 15.7 Å². The lowest BCUT2D eigenvalue weighted by Crippen LogP contribution is -2.28. The maximum atomic E-state index is 12.3. The molecule has 1 aromatic rings. The smallest absolute Gasteiger partial charge is 0.243 e. The number of aryl methyl sites for hydroxylation is 1. The van der Waals surface area contributed by atoms with Crippen LogP contribution in [0.4, 0.5) is 5.69 Å². The maximum absolute atomic E-state index is 12.3. The molecule has 0 spiro atoms. The number of nitrogens with zero attached hydrogens (tertiary/aromatic N) is 1. The van der Waals surface area contributed by atoms with E-state index in [0.29, 0.717) is 12.2 Å². The molecule has 1 rings (SSSR count). The van der Waals surface area contributed by atoms with E-state index in [9.17, 15) is 8.42 Å². The van der Waals surface area contributed by atoms with Crippen LogP contribution in [-0.4, -0.2) is 26.3 Å². The van der Waals surface area contributed by atoms with Crippen molar-refractivity contribution < 1.29 is 8.42 Å². The van der Waals surface area contributed by atoms with Crippen LogP contribution in [-0.2, 0) is 10.0 Å². The van der Waals surface area contributed by atoms with E-state index in [-0.39, 0.29) is 4.90 Å². The Hall–Kier alpha value is -1.33. The third-order valence-corrected chi connectivity index (χ3v) is 4.66. The molecule has 0 bridgehead atoms. The van der Waals surface area contributed by atoms with Crippen LogP contribution in [0.3, 0.4) is 0 Å². The number of hydrogen-bond acceptors (Lipinski definition) is 3. The van der Waals surface area contributed by atoms with Crippen LogP contribution >= 0.6 is 0 Å². The minimum atomic E-state index is -3.50. The monoisotopic (exact) mass is 268 g/mol. The van der Waals surface area contributed by atoms with Gasteiger partial charge in [0.05, 0.1) is 4.90 Å². The van der Waals surface area contributed by atoms with Crippen molar-refractivity contribution in [2.24, 2.45) is 0 Å². The molecule has 100 valence electrons. The summed E-state index contributed by atoms with van der Waals surface area (Å²) in [5.74, 6) is 0. The van der Waals surface area contributed by atoms with Crippen LogP contribution in [0.1, 0.15) is 18.1 Å². The second-order valence-electron chi connectivity index (χ2n) is 4.67. The van der Waals surface area contributed by atoms with Crippen LogP contribution < -0.4 is 5.73 Å². The Morgan fingerprint density at radius 1 is 1.39 bits per heavy atom. The summed E-state index contributed by atoms with van der Waals surface area (Å²) in [4.78, 5) is 0.229. The summed E-state index contributed by atoms with van der Waals surface area (Å²) in [6.07, 6.45) is 0. The van der Waals surface area contributed by atoms with Gasteiger partial charge in [-0.2, -0.15) is 4.31 Å². The summed E-state index contributed by atoms with van der Waals surface area (Å²) in [5.41, 5.74) is 8.89. The third kappa shape index (κ3) is 2.91. The molecule has 0 atom stereocenters. The van der Waals surface area contributed by atoms with Crippen LogP contribution in [0.15, 0.2) is 29.2 Å². The molecule has 0 saturated heterocycles. The molecular weight excluding hydrogens is 248 g/mol. The number of benzene rings is 1. The van der Waals surface area contributed by atoms with Gasteiger partial charge in [-0.15, -0.1) is 0 Å². The van der Waals surface area contributed by atoms with Gasteiger partial charge < -0.3 is 5.73 Å². The number of rotatable bonds is 4. The Morgan fingerprint density at radius 2 is 1.94 bits per heavy atom. The van der Waals surface area contributed by atoms with E-state index in [0.717, 1.165) is 16.7 Å². The molecule has 0 aliphatic rings. The topological polar surface area (TPSA) is 63.4 Å². The first-order valence-corrected chi connectivity index (χ1v) is 7.07. The lowest BCUT2D eigenvalue weighted by Gasteiger charge is -2.18. The zero-order valence-electron chi connectivity index (χ0n) is 11.3.